The van der Waals surface area contributed by atoms with Crippen LogP contribution < -0.4 is 10.7 Å². The minimum absolute atomic E-state index is 0.276. The van der Waals surface area contributed by atoms with Gasteiger partial charge in [0.15, 0.2) is 5.13 Å². The van der Waals surface area contributed by atoms with Crippen LogP contribution in [0.4, 0.5) is 10.8 Å². The number of nitrogens with one attached hydrogen (secondary N) is 2. The van der Waals surface area contributed by atoms with E-state index < -0.39 is 0 Å². The average Bonchev–Trinajstić information content (AvgIpc) is 3.04. The van der Waals surface area contributed by atoms with Crippen molar-refractivity contribution in [2.24, 2.45) is 5.10 Å². The summed E-state index contributed by atoms with van der Waals surface area (Å²) in [6.45, 7) is 0. The van der Waals surface area contributed by atoms with Gasteiger partial charge in [-0.1, -0.05) is 11.3 Å². The Bertz CT molecular complexity index is 1030. The lowest BCUT2D eigenvalue weighted by atomic mass is 10.3. The molecule has 2 N–H and O–H groups in total. The number of hydrogen-bond acceptors (Lipinski definition) is 9. The maximum Gasteiger partial charge on any atom is 0.260 e. The van der Waals surface area contributed by atoms with Crippen LogP contribution in [-0.4, -0.2) is 26.6 Å². The van der Waals surface area contributed by atoms with Gasteiger partial charge in [-0.05, 0) is 18.2 Å². The fourth-order valence-corrected chi connectivity index (χ4v) is 2.73. The van der Waals surface area contributed by atoms with E-state index in [2.05, 4.69) is 30.8 Å². The number of hydrogen-bond donors (Lipinski definition) is 2. The van der Waals surface area contributed by atoms with E-state index in [-0.39, 0.29) is 11.6 Å². The number of nitrogens with zero attached hydrogens (tertiary/aromatic N) is 6. The second-order valence-corrected chi connectivity index (χ2v) is 5.61. The number of anilines is 2. The van der Waals surface area contributed by atoms with Gasteiger partial charge in [0.2, 0.25) is 5.71 Å². The van der Waals surface area contributed by atoms with Gasteiger partial charge >= 0.3 is 0 Å². The van der Waals surface area contributed by atoms with Crippen LogP contribution in [0.15, 0.2) is 42.0 Å². The lowest BCUT2D eigenvalue weighted by Gasteiger charge is -1.99. The van der Waals surface area contributed by atoms with Crippen molar-refractivity contribution < 1.29 is 4.79 Å². The zero-order valence-corrected chi connectivity index (χ0v) is 13.3. The lowest BCUT2D eigenvalue weighted by molar-refractivity contribution is 0.102. The van der Waals surface area contributed by atoms with Crippen molar-refractivity contribution in [2.45, 2.75) is 0 Å². The molecule has 0 aliphatic heterocycles. The van der Waals surface area contributed by atoms with Crippen LogP contribution >= 0.6 is 11.3 Å². The molecule has 0 saturated heterocycles. The normalized spacial score (nSPS) is 9.68. The van der Waals surface area contributed by atoms with Crippen LogP contribution in [-0.2, 0) is 0 Å². The van der Waals surface area contributed by atoms with Gasteiger partial charge < -0.3 is 0 Å². The van der Waals surface area contributed by atoms with Gasteiger partial charge in [-0.2, -0.15) is 15.6 Å². The van der Waals surface area contributed by atoms with E-state index in [0.29, 0.717) is 21.9 Å². The number of thiazole rings is 1. The number of aromatic nitrogens is 3. The van der Waals surface area contributed by atoms with E-state index in [9.17, 15) is 4.79 Å². The molecule has 3 rings (SSSR count). The molecule has 25 heavy (non-hydrogen) atoms. The van der Waals surface area contributed by atoms with Crippen molar-refractivity contribution in [1.29, 1.82) is 10.5 Å². The first-order valence-corrected chi connectivity index (χ1v) is 7.62. The third-order valence-electron chi connectivity index (χ3n) is 2.94. The number of nitriles is 2. The molecule has 0 saturated carbocycles. The predicted molar refractivity (Wildman–Crippen MR) is 91.9 cm³/mol. The summed E-state index contributed by atoms with van der Waals surface area (Å²) >= 11 is 1.28. The number of amides is 1. The minimum Gasteiger partial charge on any atom is -0.298 e. The lowest BCUT2D eigenvalue weighted by Crippen LogP contribution is -2.12. The summed E-state index contributed by atoms with van der Waals surface area (Å²) in [5, 5.41) is 24.1. The maximum atomic E-state index is 12.1. The molecule has 2 heterocycles. The van der Waals surface area contributed by atoms with Crippen LogP contribution in [0.2, 0.25) is 0 Å². The van der Waals surface area contributed by atoms with Gasteiger partial charge in [-0.15, -0.1) is 0 Å². The summed E-state index contributed by atoms with van der Waals surface area (Å²) in [7, 11) is 0. The average molecular weight is 348 g/mol. The number of carbonyl (C=O) groups is 1. The first-order valence-electron chi connectivity index (χ1n) is 6.80. The summed E-state index contributed by atoms with van der Waals surface area (Å²) in [6, 6.07) is 8.52. The molecule has 9 nitrogen and oxygen atoms in total. The first-order chi connectivity index (χ1) is 12.2. The largest absolute Gasteiger partial charge is 0.298 e. The standard InChI is InChI=1S/C15H8N8OS/c16-4-11(5-17)23-22-10-1-2-12-13(3-10)25-15(20-12)21-14(24)9-6-18-8-19-7-9/h1-3,6-8,22H,(H,20,21,24). The van der Waals surface area contributed by atoms with Gasteiger partial charge in [0.05, 0.1) is 21.5 Å². The van der Waals surface area contributed by atoms with Crippen molar-refractivity contribution in [2.75, 3.05) is 10.7 Å². The van der Waals surface area contributed by atoms with Crippen molar-refractivity contribution in [3.8, 4) is 12.1 Å². The third kappa shape index (κ3) is 3.72. The highest BCUT2D eigenvalue weighted by Crippen LogP contribution is 2.28. The van der Waals surface area contributed by atoms with E-state index in [1.165, 1.54) is 30.1 Å². The number of hydrazone groups is 1. The van der Waals surface area contributed by atoms with Gasteiger partial charge in [-0.25, -0.2) is 15.0 Å². The summed E-state index contributed by atoms with van der Waals surface area (Å²) in [5.41, 5.74) is 3.98. The van der Waals surface area contributed by atoms with Crippen LogP contribution in [0.5, 0.6) is 0 Å². The summed E-state index contributed by atoms with van der Waals surface area (Å²) < 4.78 is 0.801. The van der Waals surface area contributed by atoms with E-state index in [1.54, 1.807) is 30.3 Å². The summed E-state index contributed by atoms with van der Waals surface area (Å²) in [6.07, 6.45) is 4.17. The van der Waals surface area contributed by atoms with Gasteiger partial charge in [0, 0.05) is 12.4 Å². The first kappa shape index (κ1) is 16.0. The molecular weight excluding hydrogens is 340 g/mol. The summed E-state index contributed by atoms with van der Waals surface area (Å²) in [4.78, 5) is 24.0. The molecule has 0 unspecified atom stereocenters. The maximum absolute atomic E-state index is 12.1. The molecule has 0 atom stereocenters. The molecule has 0 aliphatic carbocycles. The predicted octanol–water partition coefficient (Wildman–Crippen LogP) is 2.15. The highest BCUT2D eigenvalue weighted by atomic mass is 32.1. The molecule has 10 heteroatoms. The second kappa shape index (κ2) is 7.12. The Morgan fingerprint density at radius 3 is 2.68 bits per heavy atom. The second-order valence-electron chi connectivity index (χ2n) is 4.58. The molecule has 1 amide bonds. The monoisotopic (exact) mass is 348 g/mol. The zero-order valence-electron chi connectivity index (χ0n) is 12.5. The highest BCUT2D eigenvalue weighted by molar-refractivity contribution is 7.22. The molecule has 2 aromatic heterocycles. The van der Waals surface area contributed by atoms with E-state index in [1.807, 2.05) is 0 Å². The third-order valence-corrected chi connectivity index (χ3v) is 3.87. The van der Waals surface area contributed by atoms with Crippen LogP contribution in [0, 0.1) is 22.7 Å². The Morgan fingerprint density at radius 1 is 1.20 bits per heavy atom. The van der Waals surface area contributed by atoms with E-state index in [4.69, 9.17) is 10.5 Å². The van der Waals surface area contributed by atoms with E-state index in [0.717, 1.165) is 4.70 Å². The Kier molecular flexibility index (Phi) is 4.55. The molecule has 0 radical (unpaired) electrons. The molecule has 0 bridgehead atoms. The molecule has 0 spiro atoms. The Hall–Kier alpha value is -3.89. The van der Waals surface area contributed by atoms with Gasteiger partial charge in [0.25, 0.3) is 5.91 Å². The summed E-state index contributed by atoms with van der Waals surface area (Å²) in [5.74, 6) is -0.352. The Labute approximate surface area is 145 Å². The van der Waals surface area contributed by atoms with Crippen molar-refractivity contribution in [3.63, 3.8) is 0 Å². The zero-order chi connectivity index (χ0) is 17.6. The van der Waals surface area contributed by atoms with Gasteiger partial charge in [0.1, 0.15) is 18.5 Å². The molecular formula is C15H8N8OS. The van der Waals surface area contributed by atoms with Crippen LogP contribution in [0.25, 0.3) is 10.2 Å². The van der Waals surface area contributed by atoms with Crippen molar-refractivity contribution in [1.82, 2.24) is 15.0 Å². The van der Waals surface area contributed by atoms with E-state index >= 15 is 0 Å². The number of benzene rings is 1. The van der Waals surface area contributed by atoms with Crippen molar-refractivity contribution in [3.05, 3.63) is 42.5 Å². The molecule has 0 fully saturated rings. The molecule has 3 aromatic rings. The Balaban J connectivity index is 1.79. The van der Waals surface area contributed by atoms with Crippen LogP contribution in [0.3, 0.4) is 0 Å². The number of carbonyl (C=O) groups excluding carboxylic acids is 1. The molecule has 120 valence electrons. The number of rotatable bonds is 4. The molecule has 1 aromatic carbocycles. The van der Waals surface area contributed by atoms with Crippen molar-refractivity contribution >= 4 is 44.0 Å². The van der Waals surface area contributed by atoms with Crippen LogP contribution in [0.1, 0.15) is 10.4 Å². The fraction of sp³-hybridized carbons (Fsp3) is 0. The quantitative estimate of drug-likeness (QED) is 0.543. The SMILES string of the molecule is N#CC(C#N)=NNc1ccc2nc(NC(=O)c3cncnc3)sc2c1. The van der Waals surface area contributed by atoms with Gasteiger partial charge in [-0.3, -0.25) is 15.5 Å². The highest BCUT2D eigenvalue weighted by Gasteiger charge is 2.10. The smallest absolute Gasteiger partial charge is 0.260 e. The minimum atomic E-state index is -0.352. The Morgan fingerprint density at radius 2 is 1.96 bits per heavy atom. The topological polar surface area (TPSA) is 140 Å². The molecule has 0 aliphatic rings. The fourth-order valence-electron chi connectivity index (χ4n) is 1.83. The number of fused-ring (bicyclic) bond motifs is 1.